The molecule has 2 aromatic rings. The second-order valence-electron chi connectivity index (χ2n) is 4.89. The van der Waals surface area contributed by atoms with Gasteiger partial charge in [-0.3, -0.25) is 4.68 Å². The van der Waals surface area contributed by atoms with Gasteiger partial charge in [0.2, 0.25) is 10.0 Å². The van der Waals surface area contributed by atoms with Crippen LogP contribution >= 0.6 is 0 Å². The number of nitrogens with zero attached hydrogens (tertiary/aromatic N) is 2. The molecule has 0 saturated carbocycles. The largest absolute Gasteiger partial charge is 0.273 e. The molecule has 0 unspecified atom stereocenters. The molecule has 0 amide bonds. The number of aryl methyl sites for hydroxylation is 3. The maximum absolute atomic E-state index is 13.2. The average molecular weight is 311 g/mol. The second kappa shape index (κ2) is 6.36. The minimum atomic E-state index is -3.63. The molecule has 0 radical (unpaired) electrons. The maximum atomic E-state index is 13.2. The summed E-state index contributed by atoms with van der Waals surface area (Å²) in [5, 5.41) is 4.04. The van der Waals surface area contributed by atoms with E-state index in [2.05, 4.69) is 9.82 Å². The number of halogens is 1. The first-order valence-electron chi connectivity index (χ1n) is 6.64. The van der Waals surface area contributed by atoms with Crippen molar-refractivity contribution in [3.8, 4) is 0 Å². The van der Waals surface area contributed by atoms with Crippen LogP contribution < -0.4 is 4.72 Å². The molecule has 1 aromatic heterocycles. The molecule has 2 rings (SSSR count). The van der Waals surface area contributed by atoms with Crippen LogP contribution in [0.1, 0.15) is 17.5 Å². The Morgan fingerprint density at radius 1 is 1.29 bits per heavy atom. The van der Waals surface area contributed by atoms with Gasteiger partial charge in [-0.05, 0) is 49.6 Å². The lowest BCUT2D eigenvalue weighted by Crippen LogP contribution is -2.27. The second-order valence-corrected chi connectivity index (χ2v) is 6.59. The van der Waals surface area contributed by atoms with Gasteiger partial charge in [-0.2, -0.15) is 5.10 Å². The molecule has 1 N–H and O–H groups in total. The van der Waals surface area contributed by atoms with Crippen LogP contribution in [0.4, 0.5) is 4.39 Å². The fourth-order valence-corrected chi connectivity index (χ4v) is 3.80. The van der Waals surface area contributed by atoms with Crippen molar-refractivity contribution in [2.24, 2.45) is 0 Å². The number of rotatable bonds is 6. The van der Waals surface area contributed by atoms with Crippen molar-refractivity contribution in [1.82, 2.24) is 14.5 Å². The van der Waals surface area contributed by atoms with E-state index in [9.17, 15) is 12.8 Å². The van der Waals surface area contributed by atoms with Crippen molar-refractivity contribution in [2.45, 2.75) is 31.7 Å². The summed E-state index contributed by atoms with van der Waals surface area (Å²) in [6, 6.07) is 4.27. The van der Waals surface area contributed by atoms with Gasteiger partial charge in [0.15, 0.2) is 0 Å². The van der Waals surface area contributed by atoms with Gasteiger partial charge in [0.05, 0.1) is 4.90 Å². The van der Waals surface area contributed by atoms with Crippen LogP contribution in [0.5, 0.6) is 0 Å². The van der Waals surface area contributed by atoms with Crippen LogP contribution in [0, 0.1) is 19.7 Å². The van der Waals surface area contributed by atoms with Crippen LogP contribution in [0.25, 0.3) is 0 Å². The molecule has 0 atom stereocenters. The summed E-state index contributed by atoms with van der Waals surface area (Å²) < 4.78 is 42.1. The van der Waals surface area contributed by atoms with Gasteiger partial charge in [-0.15, -0.1) is 0 Å². The first-order valence-corrected chi connectivity index (χ1v) is 8.12. The van der Waals surface area contributed by atoms with Crippen molar-refractivity contribution < 1.29 is 12.8 Å². The monoisotopic (exact) mass is 311 g/mol. The summed E-state index contributed by atoms with van der Waals surface area (Å²) in [5.74, 6) is -0.428. The van der Waals surface area contributed by atoms with E-state index in [4.69, 9.17) is 0 Å². The predicted octanol–water partition coefficient (Wildman–Crippen LogP) is 2.01. The topological polar surface area (TPSA) is 64.0 Å². The molecule has 0 aliphatic carbocycles. The van der Waals surface area contributed by atoms with E-state index in [-0.39, 0.29) is 4.90 Å². The Morgan fingerprint density at radius 3 is 2.52 bits per heavy atom. The Balaban J connectivity index is 2.02. The quantitative estimate of drug-likeness (QED) is 0.830. The Hall–Kier alpha value is -1.73. The molecular weight excluding hydrogens is 293 g/mol. The van der Waals surface area contributed by atoms with Crippen molar-refractivity contribution >= 4 is 10.0 Å². The van der Waals surface area contributed by atoms with Crippen LogP contribution in [-0.2, 0) is 16.6 Å². The molecule has 1 aromatic carbocycles. The summed E-state index contributed by atoms with van der Waals surface area (Å²) in [5.41, 5.74) is 0.819. The van der Waals surface area contributed by atoms with Gasteiger partial charge in [0.25, 0.3) is 0 Å². The fraction of sp³-hybridized carbons (Fsp3) is 0.357. The third kappa shape index (κ3) is 3.89. The van der Waals surface area contributed by atoms with Gasteiger partial charge in [-0.25, -0.2) is 17.5 Å². The van der Waals surface area contributed by atoms with Crippen molar-refractivity contribution in [3.63, 3.8) is 0 Å². The number of aromatic nitrogens is 2. The van der Waals surface area contributed by atoms with E-state index >= 15 is 0 Å². The number of hydrogen-bond acceptors (Lipinski definition) is 3. The fourth-order valence-electron chi connectivity index (χ4n) is 2.27. The summed E-state index contributed by atoms with van der Waals surface area (Å²) in [7, 11) is -3.63. The van der Waals surface area contributed by atoms with E-state index in [0.717, 1.165) is 0 Å². The highest BCUT2D eigenvalue weighted by molar-refractivity contribution is 7.89. The predicted molar refractivity (Wildman–Crippen MR) is 77.9 cm³/mol. The van der Waals surface area contributed by atoms with Gasteiger partial charge in [0.1, 0.15) is 5.82 Å². The summed E-state index contributed by atoms with van der Waals surface area (Å²) >= 11 is 0. The SMILES string of the molecule is Cc1cc(F)cc(C)c1S(=O)(=O)NCCCn1cccn1. The summed E-state index contributed by atoms with van der Waals surface area (Å²) in [6.07, 6.45) is 4.12. The van der Waals surface area contributed by atoms with Crippen LogP contribution in [0.2, 0.25) is 0 Å². The minimum absolute atomic E-state index is 0.156. The van der Waals surface area contributed by atoms with Gasteiger partial charge >= 0.3 is 0 Å². The summed E-state index contributed by atoms with van der Waals surface area (Å²) in [6.45, 7) is 4.12. The van der Waals surface area contributed by atoms with Crippen molar-refractivity contribution in [2.75, 3.05) is 6.54 Å². The van der Waals surface area contributed by atoms with E-state index in [1.165, 1.54) is 12.1 Å². The zero-order valence-corrected chi connectivity index (χ0v) is 12.8. The third-order valence-electron chi connectivity index (χ3n) is 3.11. The molecule has 5 nitrogen and oxygen atoms in total. The molecule has 0 fully saturated rings. The minimum Gasteiger partial charge on any atom is -0.273 e. The zero-order chi connectivity index (χ0) is 15.5. The molecule has 7 heteroatoms. The van der Waals surface area contributed by atoms with E-state index in [1.54, 1.807) is 24.7 Å². The lowest BCUT2D eigenvalue weighted by atomic mass is 10.1. The Kier molecular flexibility index (Phi) is 4.74. The summed E-state index contributed by atoms with van der Waals surface area (Å²) in [4.78, 5) is 0.156. The molecule has 0 saturated heterocycles. The Morgan fingerprint density at radius 2 is 1.95 bits per heavy atom. The van der Waals surface area contributed by atoms with E-state index < -0.39 is 15.8 Å². The first-order chi connectivity index (χ1) is 9.90. The molecule has 0 spiro atoms. The molecule has 0 aliphatic rings. The van der Waals surface area contributed by atoms with Gasteiger partial charge in [0, 0.05) is 25.5 Å². The molecule has 21 heavy (non-hydrogen) atoms. The third-order valence-corrected chi connectivity index (χ3v) is 4.87. The van der Waals surface area contributed by atoms with Crippen LogP contribution in [0.3, 0.4) is 0 Å². The smallest absolute Gasteiger partial charge is 0.241 e. The van der Waals surface area contributed by atoms with Gasteiger partial charge < -0.3 is 0 Å². The van der Waals surface area contributed by atoms with Gasteiger partial charge in [-0.1, -0.05) is 0 Å². The molecule has 1 heterocycles. The zero-order valence-electron chi connectivity index (χ0n) is 12.0. The highest BCUT2D eigenvalue weighted by atomic mass is 32.2. The first kappa shape index (κ1) is 15.7. The maximum Gasteiger partial charge on any atom is 0.241 e. The Bertz CT molecular complexity index is 689. The lowest BCUT2D eigenvalue weighted by molar-refractivity contribution is 0.552. The highest BCUT2D eigenvalue weighted by Gasteiger charge is 2.19. The normalized spacial score (nSPS) is 11.8. The number of benzene rings is 1. The van der Waals surface area contributed by atoms with E-state index in [1.807, 2.05) is 12.3 Å². The van der Waals surface area contributed by atoms with E-state index in [0.29, 0.717) is 30.6 Å². The van der Waals surface area contributed by atoms with Crippen LogP contribution in [0.15, 0.2) is 35.5 Å². The highest BCUT2D eigenvalue weighted by Crippen LogP contribution is 2.21. The molecule has 0 aliphatic heterocycles. The van der Waals surface area contributed by atoms with Crippen LogP contribution in [-0.4, -0.2) is 24.7 Å². The standard InChI is InChI=1S/C14H18FN3O2S/c1-11-9-13(15)10-12(2)14(11)21(19,20)17-6-4-8-18-7-3-5-16-18/h3,5,7,9-10,17H,4,6,8H2,1-2H3. The average Bonchev–Trinajstić information content (AvgIpc) is 2.86. The number of hydrogen-bond donors (Lipinski definition) is 1. The lowest BCUT2D eigenvalue weighted by Gasteiger charge is -2.12. The Labute approximate surface area is 123 Å². The number of nitrogens with one attached hydrogen (secondary N) is 1. The number of sulfonamides is 1. The van der Waals surface area contributed by atoms with Crippen molar-refractivity contribution in [3.05, 3.63) is 47.5 Å². The van der Waals surface area contributed by atoms with Crippen molar-refractivity contribution in [1.29, 1.82) is 0 Å². The molecule has 114 valence electrons. The molecule has 0 bridgehead atoms. The molecular formula is C14H18FN3O2S.